The maximum atomic E-state index is 12.5. The summed E-state index contributed by atoms with van der Waals surface area (Å²) in [4.78, 5) is 23.2. The first-order chi connectivity index (χ1) is 10.6. The average molecular weight is 294 g/mol. The molecule has 110 valence electrons. The zero-order chi connectivity index (χ0) is 15.5. The number of fused-ring (bicyclic) bond motifs is 1. The van der Waals surface area contributed by atoms with Gasteiger partial charge in [0.1, 0.15) is 12.4 Å². The van der Waals surface area contributed by atoms with Crippen LogP contribution in [0.5, 0.6) is 5.75 Å². The highest BCUT2D eigenvalue weighted by Crippen LogP contribution is 2.29. The molecule has 0 radical (unpaired) electrons. The second-order valence-corrected chi connectivity index (χ2v) is 5.10. The molecule has 0 spiro atoms. The fraction of sp³-hybridized carbons (Fsp3) is 0.111. The largest absolute Gasteiger partial charge is 0.488 e. The predicted molar refractivity (Wildman–Crippen MR) is 82.0 cm³/mol. The Morgan fingerprint density at radius 3 is 2.68 bits per heavy atom. The molecule has 1 aliphatic rings. The highest BCUT2D eigenvalue weighted by Gasteiger charge is 2.23. The average Bonchev–Trinajstić information content (AvgIpc) is 2.50. The summed E-state index contributed by atoms with van der Waals surface area (Å²) in [6.45, 7) is 0.192. The summed E-state index contributed by atoms with van der Waals surface area (Å²) in [5.74, 6) is -0.535. The Bertz CT molecular complexity index is 760. The number of ether oxygens (including phenoxy) is 1. The Morgan fingerprint density at radius 1 is 1.18 bits per heavy atom. The number of carbonyl (C=O) groups is 2. The highest BCUT2D eigenvalue weighted by molar-refractivity contribution is 6.14. The van der Waals surface area contributed by atoms with E-state index in [1.54, 1.807) is 18.2 Å². The number of Topliss-reactive ketones (excluding diaryl/α,β-unsaturated/α-hetero) is 1. The minimum atomic E-state index is -0.910. The fourth-order valence-electron chi connectivity index (χ4n) is 2.41. The van der Waals surface area contributed by atoms with Crippen LogP contribution >= 0.6 is 0 Å². The molecule has 4 heteroatoms. The molecule has 4 nitrogen and oxygen atoms in total. The van der Waals surface area contributed by atoms with Crippen LogP contribution in [0.15, 0.2) is 54.1 Å². The molecular weight excluding hydrogens is 280 g/mol. The van der Waals surface area contributed by atoms with Crippen molar-refractivity contribution in [1.29, 1.82) is 0 Å². The summed E-state index contributed by atoms with van der Waals surface area (Å²) in [7, 11) is 0. The van der Waals surface area contributed by atoms with Gasteiger partial charge in [0.15, 0.2) is 5.78 Å². The van der Waals surface area contributed by atoms with E-state index < -0.39 is 5.97 Å². The SMILES string of the molecule is O=C(O)Cc1ccc2c(c1)OCC(=Cc1ccccc1)C2=O. The van der Waals surface area contributed by atoms with Crippen molar-refractivity contribution in [2.75, 3.05) is 6.61 Å². The smallest absolute Gasteiger partial charge is 0.307 e. The second kappa shape index (κ2) is 5.85. The van der Waals surface area contributed by atoms with Crippen molar-refractivity contribution in [3.8, 4) is 5.75 Å². The fourth-order valence-corrected chi connectivity index (χ4v) is 2.41. The summed E-state index contributed by atoms with van der Waals surface area (Å²) in [5.41, 5.74) is 2.63. The quantitative estimate of drug-likeness (QED) is 0.884. The summed E-state index contributed by atoms with van der Waals surface area (Å²) in [5, 5.41) is 8.81. The van der Waals surface area contributed by atoms with Crippen LogP contribution in [0, 0.1) is 0 Å². The van der Waals surface area contributed by atoms with Crippen LogP contribution in [0.3, 0.4) is 0 Å². The number of carboxylic acids is 1. The minimum Gasteiger partial charge on any atom is -0.488 e. The van der Waals surface area contributed by atoms with Crippen LogP contribution in [-0.4, -0.2) is 23.5 Å². The van der Waals surface area contributed by atoms with E-state index in [9.17, 15) is 9.59 Å². The molecule has 0 atom stereocenters. The summed E-state index contributed by atoms with van der Waals surface area (Å²) in [6, 6.07) is 14.5. The van der Waals surface area contributed by atoms with Crippen molar-refractivity contribution in [3.63, 3.8) is 0 Å². The van der Waals surface area contributed by atoms with Crippen LogP contribution in [0.4, 0.5) is 0 Å². The number of hydrogen-bond acceptors (Lipinski definition) is 3. The van der Waals surface area contributed by atoms with Gasteiger partial charge in [-0.25, -0.2) is 0 Å². The number of carboxylic acid groups (broad SMARTS) is 1. The lowest BCUT2D eigenvalue weighted by Gasteiger charge is -2.19. The van der Waals surface area contributed by atoms with Crippen molar-refractivity contribution in [2.24, 2.45) is 0 Å². The summed E-state index contributed by atoms with van der Waals surface area (Å²) < 4.78 is 5.62. The van der Waals surface area contributed by atoms with Gasteiger partial charge in [0.2, 0.25) is 0 Å². The van der Waals surface area contributed by atoms with E-state index in [4.69, 9.17) is 9.84 Å². The number of benzene rings is 2. The van der Waals surface area contributed by atoms with Gasteiger partial charge in [0.05, 0.1) is 12.0 Å². The molecule has 0 unspecified atom stereocenters. The van der Waals surface area contributed by atoms with Gasteiger partial charge in [-0.15, -0.1) is 0 Å². The molecule has 1 aliphatic heterocycles. The third-order valence-corrected chi connectivity index (χ3v) is 3.46. The number of carbonyl (C=O) groups excluding carboxylic acids is 1. The predicted octanol–water partition coefficient (Wildman–Crippen LogP) is 2.97. The zero-order valence-corrected chi connectivity index (χ0v) is 11.8. The van der Waals surface area contributed by atoms with Gasteiger partial charge in [0, 0.05) is 5.57 Å². The number of aliphatic carboxylic acids is 1. The van der Waals surface area contributed by atoms with Crippen LogP contribution in [0.25, 0.3) is 6.08 Å². The standard InChI is InChI=1S/C18H14O4/c19-17(20)10-13-6-7-15-16(9-13)22-11-14(18(15)21)8-12-4-2-1-3-5-12/h1-9H,10-11H2,(H,19,20). The van der Waals surface area contributed by atoms with Gasteiger partial charge in [-0.1, -0.05) is 36.4 Å². The minimum absolute atomic E-state index is 0.0769. The topological polar surface area (TPSA) is 63.6 Å². The van der Waals surface area contributed by atoms with Gasteiger partial charge >= 0.3 is 5.97 Å². The molecule has 0 bridgehead atoms. The molecule has 1 heterocycles. The monoisotopic (exact) mass is 294 g/mol. The molecule has 0 saturated heterocycles. The molecule has 22 heavy (non-hydrogen) atoms. The van der Waals surface area contributed by atoms with Crippen molar-refractivity contribution in [2.45, 2.75) is 6.42 Å². The highest BCUT2D eigenvalue weighted by atomic mass is 16.5. The molecule has 0 amide bonds. The number of ketones is 1. The van der Waals surface area contributed by atoms with Crippen molar-refractivity contribution >= 4 is 17.8 Å². The molecule has 0 aliphatic carbocycles. The van der Waals surface area contributed by atoms with E-state index in [1.165, 1.54) is 0 Å². The third kappa shape index (κ3) is 2.91. The normalized spacial score (nSPS) is 15.3. The lowest BCUT2D eigenvalue weighted by Crippen LogP contribution is -2.19. The Labute approximate surface area is 127 Å². The van der Waals surface area contributed by atoms with Gasteiger partial charge in [0.25, 0.3) is 0 Å². The second-order valence-electron chi connectivity index (χ2n) is 5.10. The number of hydrogen-bond donors (Lipinski definition) is 1. The molecule has 2 aromatic carbocycles. The van der Waals surface area contributed by atoms with Crippen molar-refractivity contribution in [3.05, 3.63) is 70.8 Å². The summed E-state index contributed by atoms with van der Waals surface area (Å²) in [6.07, 6.45) is 1.73. The zero-order valence-electron chi connectivity index (χ0n) is 11.8. The Morgan fingerprint density at radius 2 is 1.95 bits per heavy atom. The molecule has 1 N–H and O–H groups in total. The van der Waals surface area contributed by atoms with E-state index >= 15 is 0 Å². The van der Waals surface area contributed by atoms with E-state index in [0.717, 1.165) is 5.56 Å². The maximum Gasteiger partial charge on any atom is 0.307 e. The van der Waals surface area contributed by atoms with E-state index in [0.29, 0.717) is 22.4 Å². The van der Waals surface area contributed by atoms with Gasteiger partial charge < -0.3 is 9.84 Å². The van der Waals surface area contributed by atoms with Gasteiger partial charge in [-0.2, -0.15) is 0 Å². The molecule has 2 aromatic rings. The first kappa shape index (κ1) is 14.1. The lowest BCUT2D eigenvalue weighted by atomic mass is 9.96. The lowest BCUT2D eigenvalue weighted by molar-refractivity contribution is -0.136. The van der Waals surface area contributed by atoms with Crippen LogP contribution in [0.1, 0.15) is 21.5 Å². The first-order valence-corrected chi connectivity index (χ1v) is 6.91. The molecule has 3 rings (SSSR count). The Kier molecular flexibility index (Phi) is 3.74. The summed E-state index contributed by atoms with van der Waals surface area (Å²) >= 11 is 0. The van der Waals surface area contributed by atoms with E-state index in [-0.39, 0.29) is 18.8 Å². The van der Waals surface area contributed by atoms with Crippen LogP contribution in [-0.2, 0) is 11.2 Å². The van der Waals surface area contributed by atoms with Crippen molar-refractivity contribution in [1.82, 2.24) is 0 Å². The van der Waals surface area contributed by atoms with Gasteiger partial charge in [-0.3, -0.25) is 9.59 Å². The van der Waals surface area contributed by atoms with E-state index in [2.05, 4.69) is 0 Å². The Balaban J connectivity index is 1.90. The molecular formula is C18H14O4. The van der Waals surface area contributed by atoms with Gasteiger partial charge in [-0.05, 0) is 29.3 Å². The Hall–Kier alpha value is -2.88. The van der Waals surface area contributed by atoms with Crippen LogP contribution < -0.4 is 4.74 Å². The van der Waals surface area contributed by atoms with E-state index in [1.807, 2.05) is 36.4 Å². The molecule has 0 saturated carbocycles. The number of rotatable bonds is 3. The van der Waals surface area contributed by atoms with Crippen molar-refractivity contribution < 1.29 is 19.4 Å². The molecule has 0 fully saturated rings. The third-order valence-electron chi connectivity index (χ3n) is 3.46. The van der Waals surface area contributed by atoms with Crippen LogP contribution in [0.2, 0.25) is 0 Å². The first-order valence-electron chi connectivity index (χ1n) is 6.91. The maximum absolute atomic E-state index is 12.5. The molecule has 0 aromatic heterocycles.